The first kappa shape index (κ1) is 23.6. The molecule has 0 unspecified atom stereocenters. The lowest BCUT2D eigenvalue weighted by atomic mass is 10.1. The molecule has 3 aromatic rings. The van der Waals surface area contributed by atoms with Crippen LogP contribution in [-0.4, -0.2) is 54.4 Å². The van der Waals surface area contributed by atoms with Gasteiger partial charge >= 0.3 is 5.69 Å². The lowest BCUT2D eigenvalue weighted by Gasteiger charge is -2.30. The summed E-state index contributed by atoms with van der Waals surface area (Å²) in [5.41, 5.74) is 0.873. The predicted octanol–water partition coefficient (Wildman–Crippen LogP) is 2.51. The van der Waals surface area contributed by atoms with Gasteiger partial charge in [-0.3, -0.25) is 14.4 Å². The summed E-state index contributed by atoms with van der Waals surface area (Å²) in [4.78, 5) is 31.6. The van der Waals surface area contributed by atoms with Crippen molar-refractivity contribution in [3.8, 4) is 0 Å². The fraction of sp³-hybridized carbons (Fsp3) is 0.364. The highest BCUT2D eigenvalue weighted by molar-refractivity contribution is 7.92. The molecule has 0 bridgehead atoms. The zero-order valence-electron chi connectivity index (χ0n) is 18.6. The molecule has 2 aromatic carbocycles. The van der Waals surface area contributed by atoms with Crippen LogP contribution in [0.25, 0.3) is 11.0 Å². The van der Waals surface area contributed by atoms with Crippen molar-refractivity contribution in [2.45, 2.75) is 44.7 Å². The molecule has 0 saturated carbocycles. The highest BCUT2D eigenvalue weighted by Crippen LogP contribution is 2.22. The number of aromatic nitrogens is 2. The molecule has 0 aliphatic heterocycles. The van der Waals surface area contributed by atoms with Crippen LogP contribution >= 0.6 is 0 Å². The number of carbonyl (C=O) groups excluding carboxylic acids is 1. The zero-order valence-corrected chi connectivity index (χ0v) is 19.4. The Morgan fingerprint density at radius 1 is 1.00 bits per heavy atom. The number of rotatable bonds is 9. The maximum Gasteiger partial charge on any atom is 0.323 e. The van der Waals surface area contributed by atoms with Gasteiger partial charge in [-0.2, -0.15) is 0 Å². The normalized spacial score (nSPS) is 12.1. The molecule has 0 radical (unpaired) electrons. The van der Waals surface area contributed by atoms with Gasteiger partial charge in [0.1, 0.15) is 0 Å². The van der Waals surface area contributed by atoms with Gasteiger partial charge in [-0.1, -0.05) is 12.1 Å². The molecule has 4 N–H and O–H groups in total. The quantitative estimate of drug-likeness (QED) is 0.391. The lowest BCUT2D eigenvalue weighted by molar-refractivity contribution is 0.0940. The topological polar surface area (TPSA) is 127 Å². The van der Waals surface area contributed by atoms with Crippen molar-refractivity contribution in [1.82, 2.24) is 20.2 Å². The van der Waals surface area contributed by atoms with Gasteiger partial charge in [0.2, 0.25) is 0 Å². The van der Waals surface area contributed by atoms with Crippen molar-refractivity contribution in [1.29, 1.82) is 0 Å². The summed E-state index contributed by atoms with van der Waals surface area (Å²) in [5.74, 6) is -0.360. The van der Waals surface area contributed by atoms with Crippen molar-refractivity contribution in [2.24, 2.45) is 0 Å². The van der Waals surface area contributed by atoms with Crippen LogP contribution in [0.15, 0.2) is 52.2 Å². The van der Waals surface area contributed by atoms with Crippen molar-refractivity contribution in [2.75, 3.05) is 17.8 Å². The van der Waals surface area contributed by atoms with Crippen molar-refractivity contribution in [3.05, 3.63) is 58.5 Å². The van der Waals surface area contributed by atoms with Crippen LogP contribution in [0.3, 0.4) is 0 Å². The zero-order chi connectivity index (χ0) is 23.5. The fourth-order valence-corrected chi connectivity index (χ4v) is 4.76. The number of aromatic amines is 2. The van der Waals surface area contributed by atoms with Crippen LogP contribution < -0.4 is 15.7 Å². The molecule has 0 spiro atoms. The fourth-order valence-electron chi connectivity index (χ4n) is 3.66. The first-order valence-corrected chi connectivity index (χ1v) is 11.9. The second kappa shape index (κ2) is 9.58. The average Bonchev–Trinajstić information content (AvgIpc) is 3.09. The van der Waals surface area contributed by atoms with Gasteiger partial charge in [-0.05, 0) is 58.0 Å². The predicted molar refractivity (Wildman–Crippen MR) is 125 cm³/mol. The number of nitrogens with one attached hydrogen (secondary N) is 4. The van der Waals surface area contributed by atoms with Crippen molar-refractivity contribution in [3.63, 3.8) is 0 Å². The average molecular weight is 460 g/mol. The summed E-state index contributed by atoms with van der Waals surface area (Å²) in [6.45, 7) is 9.54. The molecular formula is C22H29N5O4S. The summed E-state index contributed by atoms with van der Waals surface area (Å²) in [7, 11) is -3.98. The van der Waals surface area contributed by atoms with E-state index in [9.17, 15) is 18.0 Å². The number of nitrogens with zero attached hydrogens (tertiary/aromatic N) is 1. The third kappa shape index (κ3) is 5.38. The first-order valence-electron chi connectivity index (χ1n) is 10.5. The van der Waals surface area contributed by atoms with E-state index in [1.54, 1.807) is 18.2 Å². The number of H-pyrrole nitrogens is 2. The first-order chi connectivity index (χ1) is 15.1. The highest BCUT2D eigenvalue weighted by atomic mass is 32.2. The monoisotopic (exact) mass is 459 g/mol. The molecule has 1 heterocycles. The Kier molecular flexibility index (Phi) is 7.05. The van der Waals surface area contributed by atoms with Crippen LogP contribution in [0, 0.1) is 0 Å². The van der Waals surface area contributed by atoms with Crippen LogP contribution in [0.2, 0.25) is 0 Å². The van der Waals surface area contributed by atoms with E-state index >= 15 is 0 Å². The molecule has 172 valence electrons. The Labute approximate surface area is 187 Å². The van der Waals surface area contributed by atoms with Crippen molar-refractivity contribution < 1.29 is 13.2 Å². The Bertz CT molecular complexity index is 1250. The number of benzene rings is 2. The number of imidazole rings is 1. The number of anilines is 1. The standard InChI is InChI=1S/C22H29N5O4S/c1-14(2)27(15(3)4)12-11-23-21(28)17-7-5-6-8-18(17)26-32(30,31)16-9-10-19-20(13-16)25-22(29)24-19/h5-10,13-15,26H,11-12H2,1-4H3,(H,23,28)(H2,24,25,29). The van der Waals surface area contributed by atoms with E-state index in [4.69, 9.17) is 0 Å². The number of hydrogen-bond acceptors (Lipinski definition) is 5. The van der Waals surface area contributed by atoms with E-state index in [1.165, 1.54) is 24.3 Å². The molecule has 0 aliphatic carbocycles. The molecule has 3 rings (SSSR count). The second-order valence-electron chi connectivity index (χ2n) is 8.12. The lowest BCUT2D eigenvalue weighted by Crippen LogP contribution is -2.42. The summed E-state index contributed by atoms with van der Waals surface area (Å²) in [5, 5.41) is 2.87. The number of fused-ring (bicyclic) bond motifs is 1. The van der Waals surface area contributed by atoms with Crippen LogP contribution in [0.1, 0.15) is 38.1 Å². The van der Waals surface area contributed by atoms with E-state index in [0.29, 0.717) is 36.2 Å². The van der Waals surface area contributed by atoms with Gasteiger partial charge in [0.05, 0.1) is 27.2 Å². The number of carbonyl (C=O) groups is 1. The third-order valence-corrected chi connectivity index (χ3v) is 6.56. The van der Waals surface area contributed by atoms with E-state index < -0.39 is 15.7 Å². The van der Waals surface area contributed by atoms with Gasteiger partial charge in [-0.15, -0.1) is 0 Å². The van der Waals surface area contributed by atoms with Crippen molar-refractivity contribution >= 4 is 32.7 Å². The van der Waals surface area contributed by atoms with Gasteiger partial charge in [0.15, 0.2) is 0 Å². The highest BCUT2D eigenvalue weighted by Gasteiger charge is 2.20. The SMILES string of the molecule is CC(C)N(CCNC(=O)c1ccccc1NS(=O)(=O)c1ccc2[nH]c(=O)[nH]c2c1)C(C)C. The largest absolute Gasteiger partial charge is 0.351 e. The molecule has 9 nitrogen and oxygen atoms in total. The van der Waals surface area contributed by atoms with Crippen LogP contribution in [-0.2, 0) is 10.0 Å². The molecule has 32 heavy (non-hydrogen) atoms. The molecule has 0 saturated heterocycles. The van der Waals surface area contributed by atoms with Gasteiger partial charge < -0.3 is 15.3 Å². The van der Waals surface area contributed by atoms with Gasteiger partial charge in [0, 0.05) is 25.2 Å². The molecule has 1 amide bonds. The van der Waals surface area contributed by atoms with E-state index in [1.807, 2.05) is 0 Å². The van der Waals surface area contributed by atoms with Crippen LogP contribution in [0.5, 0.6) is 0 Å². The second-order valence-corrected chi connectivity index (χ2v) is 9.80. The number of sulfonamides is 1. The number of hydrogen-bond donors (Lipinski definition) is 4. The maximum atomic E-state index is 12.9. The summed E-state index contributed by atoms with van der Waals surface area (Å²) < 4.78 is 28.3. The molecular weight excluding hydrogens is 430 g/mol. The maximum absolute atomic E-state index is 12.9. The summed E-state index contributed by atoms with van der Waals surface area (Å²) >= 11 is 0. The summed E-state index contributed by atoms with van der Waals surface area (Å²) in [6.07, 6.45) is 0. The molecule has 1 aromatic heterocycles. The van der Waals surface area contributed by atoms with Crippen LogP contribution in [0.4, 0.5) is 5.69 Å². The molecule has 10 heteroatoms. The Balaban J connectivity index is 1.76. The third-order valence-electron chi connectivity index (χ3n) is 5.20. The minimum Gasteiger partial charge on any atom is -0.351 e. The van der Waals surface area contributed by atoms with E-state index in [0.717, 1.165) is 0 Å². The molecule has 0 fully saturated rings. The Morgan fingerprint density at radius 2 is 1.66 bits per heavy atom. The Morgan fingerprint density at radius 3 is 2.34 bits per heavy atom. The van der Waals surface area contributed by atoms with E-state index in [-0.39, 0.29) is 22.1 Å². The van der Waals surface area contributed by atoms with E-state index in [2.05, 4.69) is 52.6 Å². The Hall–Kier alpha value is -3.11. The number of para-hydroxylation sites is 1. The van der Waals surface area contributed by atoms with Gasteiger partial charge in [-0.25, -0.2) is 13.2 Å². The minimum absolute atomic E-state index is 0.0278. The molecule has 0 atom stereocenters. The summed E-state index contributed by atoms with van der Waals surface area (Å²) in [6, 6.07) is 11.4. The molecule has 0 aliphatic rings. The smallest absolute Gasteiger partial charge is 0.323 e. The van der Waals surface area contributed by atoms with Gasteiger partial charge in [0.25, 0.3) is 15.9 Å². The minimum atomic E-state index is -3.98. The number of amides is 1.